The predicted octanol–water partition coefficient (Wildman–Crippen LogP) is 2.26. The lowest BCUT2D eigenvalue weighted by atomic mass is 9.97. The van der Waals surface area contributed by atoms with Crippen molar-refractivity contribution in [3.8, 4) is 5.75 Å². The van der Waals surface area contributed by atoms with Gasteiger partial charge in [-0.3, -0.25) is 4.79 Å². The molecule has 6 nitrogen and oxygen atoms in total. The highest BCUT2D eigenvalue weighted by molar-refractivity contribution is 5.75. The van der Waals surface area contributed by atoms with Gasteiger partial charge >= 0.3 is 12.0 Å². The van der Waals surface area contributed by atoms with Crippen LogP contribution in [-0.4, -0.2) is 41.7 Å². The van der Waals surface area contributed by atoms with Crippen LogP contribution in [0.5, 0.6) is 5.75 Å². The van der Waals surface area contributed by atoms with Gasteiger partial charge in [-0.25, -0.2) is 4.79 Å². The molecule has 23 heavy (non-hydrogen) atoms. The Morgan fingerprint density at radius 1 is 1.35 bits per heavy atom. The molecule has 6 heteroatoms. The Kier molecular flexibility index (Phi) is 6.02. The van der Waals surface area contributed by atoms with Gasteiger partial charge < -0.3 is 20.1 Å². The highest BCUT2D eigenvalue weighted by Crippen LogP contribution is 2.19. The average Bonchev–Trinajstić information content (AvgIpc) is 2.58. The van der Waals surface area contributed by atoms with E-state index >= 15 is 0 Å². The number of hydrogen-bond donors (Lipinski definition) is 2. The number of carboxylic acids is 1. The number of benzene rings is 1. The van der Waals surface area contributed by atoms with E-state index in [-0.39, 0.29) is 11.9 Å². The van der Waals surface area contributed by atoms with Crippen LogP contribution in [0.1, 0.15) is 18.4 Å². The molecule has 1 saturated heterocycles. The second-order valence-electron chi connectivity index (χ2n) is 5.47. The van der Waals surface area contributed by atoms with Crippen molar-refractivity contribution in [3.63, 3.8) is 0 Å². The van der Waals surface area contributed by atoms with Crippen LogP contribution in [0.4, 0.5) is 4.79 Å². The molecule has 1 fully saturated rings. The number of carbonyl (C=O) groups excluding carboxylic acids is 1. The van der Waals surface area contributed by atoms with Crippen molar-refractivity contribution in [2.75, 3.05) is 19.7 Å². The standard InChI is InChI=1S/C17H22N2O4/c1-2-11-23-15-6-4-3-5-14(15)12-18-17(22)19-9-7-13(8-10-19)16(20)21/h2-6,13H,1,7-12H2,(H,18,22)(H,20,21). The van der Waals surface area contributed by atoms with Gasteiger partial charge in [-0.1, -0.05) is 30.9 Å². The molecular formula is C17H22N2O4. The molecule has 0 bridgehead atoms. The molecule has 1 aromatic rings. The summed E-state index contributed by atoms with van der Waals surface area (Å²) in [4.78, 5) is 24.8. The molecule has 0 atom stereocenters. The van der Waals surface area contributed by atoms with Gasteiger partial charge in [-0.15, -0.1) is 0 Å². The van der Waals surface area contributed by atoms with E-state index < -0.39 is 5.97 Å². The zero-order chi connectivity index (χ0) is 16.7. The van der Waals surface area contributed by atoms with Gasteiger partial charge in [0, 0.05) is 25.2 Å². The smallest absolute Gasteiger partial charge is 0.317 e. The molecule has 2 amide bonds. The lowest BCUT2D eigenvalue weighted by Gasteiger charge is -2.30. The number of nitrogens with zero attached hydrogens (tertiary/aromatic N) is 1. The number of rotatable bonds is 6. The van der Waals surface area contributed by atoms with Crippen LogP contribution in [0.25, 0.3) is 0 Å². The summed E-state index contributed by atoms with van der Waals surface area (Å²) in [7, 11) is 0. The Hall–Kier alpha value is -2.50. The lowest BCUT2D eigenvalue weighted by molar-refractivity contribution is -0.143. The molecular weight excluding hydrogens is 296 g/mol. The second-order valence-corrected chi connectivity index (χ2v) is 5.47. The average molecular weight is 318 g/mol. The number of aliphatic carboxylic acids is 1. The molecule has 0 unspecified atom stereocenters. The van der Waals surface area contributed by atoms with Gasteiger partial charge in [0.25, 0.3) is 0 Å². The van der Waals surface area contributed by atoms with E-state index in [1.54, 1.807) is 11.0 Å². The van der Waals surface area contributed by atoms with Crippen LogP contribution in [0.2, 0.25) is 0 Å². The van der Waals surface area contributed by atoms with Crippen molar-refractivity contribution in [2.45, 2.75) is 19.4 Å². The minimum absolute atomic E-state index is 0.174. The monoisotopic (exact) mass is 318 g/mol. The van der Waals surface area contributed by atoms with Gasteiger partial charge in [0.05, 0.1) is 5.92 Å². The minimum atomic E-state index is -0.779. The number of hydrogen-bond acceptors (Lipinski definition) is 3. The van der Waals surface area contributed by atoms with E-state index in [0.29, 0.717) is 39.1 Å². The first-order valence-corrected chi connectivity index (χ1v) is 7.69. The quantitative estimate of drug-likeness (QED) is 0.789. The van der Waals surface area contributed by atoms with Gasteiger partial charge in [0.2, 0.25) is 0 Å². The van der Waals surface area contributed by atoms with Gasteiger partial charge in [0.1, 0.15) is 12.4 Å². The zero-order valence-electron chi connectivity index (χ0n) is 13.0. The third kappa shape index (κ3) is 4.74. The summed E-state index contributed by atoms with van der Waals surface area (Å²) in [5, 5.41) is 11.8. The molecule has 1 aliphatic rings. The van der Waals surface area contributed by atoms with Crippen LogP contribution < -0.4 is 10.1 Å². The molecule has 0 radical (unpaired) electrons. The number of para-hydroxylation sites is 1. The van der Waals surface area contributed by atoms with Crippen LogP contribution in [0.15, 0.2) is 36.9 Å². The fraction of sp³-hybridized carbons (Fsp3) is 0.412. The van der Waals surface area contributed by atoms with E-state index in [2.05, 4.69) is 11.9 Å². The van der Waals surface area contributed by atoms with Crippen molar-refractivity contribution < 1.29 is 19.4 Å². The number of ether oxygens (including phenoxy) is 1. The first-order valence-electron chi connectivity index (χ1n) is 7.69. The number of nitrogens with one attached hydrogen (secondary N) is 1. The van der Waals surface area contributed by atoms with Crippen molar-refractivity contribution in [2.24, 2.45) is 5.92 Å². The Bertz CT molecular complexity index is 565. The highest BCUT2D eigenvalue weighted by atomic mass is 16.5. The first kappa shape index (κ1) is 16.9. The third-order valence-electron chi connectivity index (χ3n) is 3.89. The number of likely N-dealkylation sites (tertiary alicyclic amines) is 1. The van der Waals surface area contributed by atoms with Gasteiger partial charge in [0.15, 0.2) is 0 Å². The zero-order valence-corrected chi connectivity index (χ0v) is 13.0. The molecule has 1 heterocycles. The van der Waals surface area contributed by atoms with E-state index in [1.807, 2.05) is 24.3 Å². The number of urea groups is 1. The van der Waals surface area contributed by atoms with Gasteiger partial charge in [-0.05, 0) is 18.9 Å². The van der Waals surface area contributed by atoms with Crippen molar-refractivity contribution >= 4 is 12.0 Å². The SMILES string of the molecule is C=CCOc1ccccc1CNC(=O)N1CCC(C(=O)O)CC1. The van der Waals surface area contributed by atoms with E-state index in [0.717, 1.165) is 11.3 Å². The normalized spacial score (nSPS) is 15.0. The molecule has 1 aromatic carbocycles. The number of carboxylic acid groups (broad SMARTS) is 1. The van der Waals surface area contributed by atoms with Crippen LogP contribution >= 0.6 is 0 Å². The minimum Gasteiger partial charge on any atom is -0.489 e. The molecule has 0 spiro atoms. The summed E-state index contributed by atoms with van der Waals surface area (Å²) in [6.45, 7) is 5.33. The van der Waals surface area contributed by atoms with Crippen LogP contribution in [0, 0.1) is 5.92 Å². The fourth-order valence-corrected chi connectivity index (χ4v) is 2.55. The Balaban J connectivity index is 1.85. The van der Waals surface area contributed by atoms with Crippen LogP contribution in [0.3, 0.4) is 0 Å². The summed E-state index contributed by atoms with van der Waals surface area (Å²) in [5.41, 5.74) is 0.892. The number of amides is 2. The first-order chi connectivity index (χ1) is 11.1. The maximum absolute atomic E-state index is 12.2. The molecule has 0 aliphatic carbocycles. The Morgan fingerprint density at radius 2 is 2.04 bits per heavy atom. The van der Waals surface area contributed by atoms with E-state index in [4.69, 9.17) is 9.84 Å². The topological polar surface area (TPSA) is 78.9 Å². The Morgan fingerprint density at radius 3 is 2.70 bits per heavy atom. The summed E-state index contributed by atoms with van der Waals surface area (Å²) in [6.07, 6.45) is 2.67. The largest absolute Gasteiger partial charge is 0.489 e. The van der Waals surface area contributed by atoms with Crippen molar-refractivity contribution in [3.05, 3.63) is 42.5 Å². The summed E-state index contributed by atoms with van der Waals surface area (Å²) >= 11 is 0. The number of piperidine rings is 1. The highest BCUT2D eigenvalue weighted by Gasteiger charge is 2.26. The predicted molar refractivity (Wildman–Crippen MR) is 86.3 cm³/mol. The summed E-state index contributed by atoms with van der Waals surface area (Å²) in [6, 6.07) is 7.34. The molecule has 124 valence electrons. The van der Waals surface area contributed by atoms with E-state index in [1.165, 1.54) is 0 Å². The maximum atomic E-state index is 12.2. The second kappa shape index (κ2) is 8.22. The molecule has 1 aliphatic heterocycles. The summed E-state index contributed by atoms with van der Waals surface area (Å²) < 4.78 is 5.56. The van der Waals surface area contributed by atoms with Crippen LogP contribution in [-0.2, 0) is 11.3 Å². The lowest BCUT2D eigenvalue weighted by Crippen LogP contribution is -2.45. The molecule has 2 rings (SSSR count). The van der Waals surface area contributed by atoms with Crippen molar-refractivity contribution in [1.29, 1.82) is 0 Å². The van der Waals surface area contributed by atoms with E-state index in [9.17, 15) is 9.59 Å². The molecule has 0 saturated carbocycles. The maximum Gasteiger partial charge on any atom is 0.317 e. The molecule has 2 N–H and O–H groups in total. The van der Waals surface area contributed by atoms with Gasteiger partial charge in [-0.2, -0.15) is 0 Å². The third-order valence-corrected chi connectivity index (χ3v) is 3.89. The van der Waals surface area contributed by atoms with Crippen molar-refractivity contribution in [1.82, 2.24) is 10.2 Å². The fourth-order valence-electron chi connectivity index (χ4n) is 2.55. The number of carbonyl (C=O) groups is 2. The summed E-state index contributed by atoms with van der Waals surface area (Å²) in [5.74, 6) is -0.400. The molecule has 0 aromatic heterocycles. The Labute approximate surface area is 135 Å².